The van der Waals surface area contributed by atoms with Crippen molar-refractivity contribution in [3.05, 3.63) is 70.1 Å². The minimum absolute atomic E-state index is 0.00362. The van der Waals surface area contributed by atoms with Crippen molar-refractivity contribution in [2.24, 2.45) is 4.99 Å². The highest BCUT2D eigenvalue weighted by atomic mass is 32.2. The predicted molar refractivity (Wildman–Crippen MR) is 154 cm³/mol. The van der Waals surface area contributed by atoms with Crippen molar-refractivity contribution < 1.29 is 9.53 Å². The highest BCUT2D eigenvalue weighted by Gasteiger charge is 2.34. The minimum Gasteiger partial charge on any atom is -0.385 e. The number of amidine groups is 1. The first-order valence-corrected chi connectivity index (χ1v) is 13.5. The third kappa shape index (κ3) is 5.45. The molecule has 4 rings (SSSR count). The Morgan fingerprint density at radius 3 is 2.56 bits per heavy atom. The summed E-state index contributed by atoms with van der Waals surface area (Å²) in [4.78, 5) is 23.3. The van der Waals surface area contributed by atoms with E-state index in [1.807, 2.05) is 36.4 Å². The quantitative estimate of drug-likeness (QED) is 0.286. The zero-order valence-electron chi connectivity index (χ0n) is 22.3. The summed E-state index contributed by atoms with van der Waals surface area (Å²) in [5.41, 5.74) is 6.86. The maximum atomic E-state index is 13.5. The predicted octanol–water partition coefficient (Wildman–Crippen LogP) is 7.05. The van der Waals surface area contributed by atoms with Crippen molar-refractivity contribution in [2.45, 2.75) is 53.0 Å². The Bertz CT molecular complexity index is 1210. The molecule has 1 amide bonds. The number of carbonyl (C=O) groups is 1. The number of benzene rings is 2. The molecule has 1 saturated heterocycles. The fraction of sp³-hybridized carbons (Fsp3) is 0.400. The van der Waals surface area contributed by atoms with Gasteiger partial charge in [-0.1, -0.05) is 31.2 Å². The van der Waals surface area contributed by atoms with Gasteiger partial charge in [-0.05, 0) is 99.3 Å². The number of para-hydroxylation sites is 1. The van der Waals surface area contributed by atoms with E-state index in [2.05, 4.69) is 57.7 Å². The van der Waals surface area contributed by atoms with Crippen LogP contribution in [0, 0.1) is 6.92 Å². The lowest BCUT2D eigenvalue weighted by Gasteiger charge is -2.43. The number of aliphatic imine (C=N–C) groups is 1. The summed E-state index contributed by atoms with van der Waals surface area (Å²) >= 11 is 1.45. The number of hydrogen-bond donors (Lipinski definition) is 0. The second kappa shape index (κ2) is 11.1. The maximum absolute atomic E-state index is 13.5. The van der Waals surface area contributed by atoms with E-state index in [1.165, 1.54) is 34.1 Å². The van der Waals surface area contributed by atoms with Crippen LogP contribution < -0.4 is 4.90 Å². The molecule has 0 atom stereocenters. The Morgan fingerprint density at radius 2 is 1.86 bits per heavy atom. The van der Waals surface area contributed by atoms with Crippen LogP contribution in [0.15, 0.2) is 58.4 Å². The molecule has 0 saturated carbocycles. The van der Waals surface area contributed by atoms with Crippen molar-refractivity contribution in [3.8, 4) is 0 Å². The van der Waals surface area contributed by atoms with Crippen molar-refractivity contribution in [2.75, 3.05) is 31.7 Å². The monoisotopic (exact) mass is 503 g/mol. The number of thioether (sulfide) groups is 1. The first-order chi connectivity index (χ1) is 17.2. The summed E-state index contributed by atoms with van der Waals surface area (Å²) in [6, 6.07) is 14.3. The van der Waals surface area contributed by atoms with Crippen molar-refractivity contribution >= 4 is 45.9 Å². The number of hydrogen-bond acceptors (Lipinski definition) is 5. The molecule has 2 aliphatic rings. The molecule has 2 aromatic rings. The van der Waals surface area contributed by atoms with Gasteiger partial charge in [-0.15, -0.1) is 0 Å². The van der Waals surface area contributed by atoms with Gasteiger partial charge in [0.15, 0.2) is 5.17 Å². The number of amides is 1. The summed E-state index contributed by atoms with van der Waals surface area (Å²) in [7, 11) is 1.68. The molecule has 36 heavy (non-hydrogen) atoms. The number of allylic oxidation sites excluding steroid dienone is 1. The van der Waals surface area contributed by atoms with E-state index in [0.717, 1.165) is 35.8 Å². The zero-order chi connectivity index (χ0) is 25.9. The number of aryl methyl sites for hydroxylation is 1. The first kappa shape index (κ1) is 26.2. The lowest BCUT2D eigenvalue weighted by atomic mass is 9.86. The van der Waals surface area contributed by atoms with Gasteiger partial charge in [0.1, 0.15) is 0 Å². The molecule has 0 bridgehead atoms. The number of methoxy groups -OCH3 is 1. The Labute approximate surface area is 219 Å². The van der Waals surface area contributed by atoms with Crippen LogP contribution in [0.2, 0.25) is 0 Å². The van der Waals surface area contributed by atoms with Gasteiger partial charge in [0.05, 0.1) is 16.1 Å². The molecule has 0 radical (unpaired) electrons. The average molecular weight is 504 g/mol. The highest BCUT2D eigenvalue weighted by molar-refractivity contribution is 8.18. The van der Waals surface area contributed by atoms with Gasteiger partial charge < -0.3 is 9.64 Å². The molecule has 1 fully saturated rings. The molecule has 0 aliphatic carbocycles. The molecule has 6 heteroatoms. The standard InChI is InChI=1S/C30H37N3O2S/c1-7-14-33-26-17-21(2)23(18-25(26)22(3)20-30(33,4)5)19-27-28(34)32(15-11-16-35-6)29(36-27)31-24-12-9-8-10-13-24/h8-10,12-13,17-20H,7,11,14-16H2,1-6H3/b27-19+,31-29?. The zero-order valence-corrected chi connectivity index (χ0v) is 23.1. The highest BCUT2D eigenvalue weighted by Crippen LogP contribution is 2.42. The topological polar surface area (TPSA) is 45.1 Å². The molecule has 0 unspecified atom stereocenters. The Morgan fingerprint density at radius 1 is 1.11 bits per heavy atom. The molecular weight excluding hydrogens is 466 g/mol. The van der Waals surface area contributed by atoms with Crippen LogP contribution in [-0.4, -0.2) is 48.3 Å². The van der Waals surface area contributed by atoms with Gasteiger partial charge >= 0.3 is 0 Å². The van der Waals surface area contributed by atoms with Crippen LogP contribution in [0.3, 0.4) is 0 Å². The second-order valence-corrected chi connectivity index (χ2v) is 11.0. The van der Waals surface area contributed by atoms with Crippen LogP contribution in [0.5, 0.6) is 0 Å². The number of ether oxygens (including phenoxy) is 1. The number of carbonyl (C=O) groups excluding carboxylic acids is 1. The fourth-order valence-corrected chi connectivity index (χ4v) is 5.96. The van der Waals surface area contributed by atoms with E-state index in [1.54, 1.807) is 12.0 Å². The van der Waals surface area contributed by atoms with Gasteiger partial charge in [0, 0.05) is 38.1 Å². The normalized spacial score (nSPS) is 19.3. The maximum Gasteiger partial charge on any atom is 0.266 e. The van der Waals surface area contributed by atoms with Crippen molar-refractivity contribution in [1.82, 2.24) is 4.90 Å². The minimum atomic E-state index is -0.0255. The summed E-state index contributed by atoms with van der Waals surface area (Å²) in [6.45, 7) is 13.3. The van der Waals surface area contributed by atoms with Crippen LogP contribution in [0.4, 0.5) is 11.4 Å². The van der Waals surface area contributed by atoms with Crippen molar-refractivity contribution in [1.29, 1.82) is 0 Å². The smallest absolute Gasteiger partial charge is 0.266 e. The molecular formula is C30H37N3O2S. The Balaban J connectivity index is 1.71. The third-order valence-electron chi connectivity index (χ3n) is 6.70. The summed E-state index contributed by atoms with van der Waals surface area (Å²) in [5.74, 6) is 0.00362. The average Bonchev–Trinajstić information content (AvgIpc) is 3.12. The lowest BCUT2D eigenvalue weighted by molar-refractivity contribution is -0.122. The SMILES string of the molecule is CCCN1c2cc(C)c(/C=C3/SC(=Nc4ccccc4)N(CCCOC)C3=O)cc2C(C)=CC1(C)C. The largest absolute Gasteiger partial charge is 0.385 e. The number of rotatable bonds is 8. The Hall–Kier alpha value is -2.83. The molecule has 0 spiro atoms. The molecule has 0 aromatic heterocycles. The fourth-order valence-electron chi connectivity index (χ4n) is 4.94. The van der Waals surface area contributed by atoms with Crippen LogP contribution in [-0.2, 0) is 9.53 Å². The first-order valence-electron chi connectivity index (χ1n) is 12.7. The van der Waals surface area contributed by atoms with Crippen LogP contribution in [0.1, 0.15) is 57.2 Å². The van der Waals surface area contributed by atoms with Crippen molar-refractivity contribution in [3.63, 3.8) is 0 Å². The van der Waals surface area contributed by atoms with Crippen LogP contribution in [0.25, 0.3) is 11.6 Å². The molecule has 0 N–H and O–H groups in total. The Kier molecular flexibility index (Phi) is 8.06. The van der Waals surface area contributed by atoms with Crippen LogP contribution >= 0.6 is 11.8 Å². The van der Waals surface area contributed by atoms with E-state index in [9.17, 15) is 4.79 Å². The summed E-state index contributed by atoms with van der Waals surface area (Å²) in [5, 5.41) is 0.719. The van der Waals surface area contributed by atoms with E-state index in [0.29, 0.717) is 18.1 Å². The van der Waals surface area contributed by atoms with E-state index < -0.39 is 0 Å². The summed E-state index contributed by atoms with van der Waals surface area (Å²) in [6.07, 6.45) is 6.24. The third-order valence-corrected chi connectivity index (χ3v) is 7.71. The van der Waals surface area contributed by atoms with Gasteiger partial charge in [0.25, 0.3) is 5.91 Å². The molecule has 2 heterocycles. The second-order valence-electron chi connectivity index (χ2n) is 10.0. The van der Waals surface area contributed by atoms with E-state index in [4.69, 9.17) is 9.73 Å². The van der Waals surface area contributed by atoms with Gasteiger partial charge in [-0.25, -0.2) is 4.99 Å². The summed E-state index contributed by atoms with van der Waals surface area (Å²) < 4.78 is 5.22. The lowest BCUT2D eigenvalue weighted by Crippen LogP contribution is -2.45. The number of anilines is 1. The number of fused-ring (bicyclic) bond motifs is 1. The van der Waals surface area contributed by atoms with E-state index in [-0.39, 0.29) is 11.4 Å². The van der Waals surface area contributed by atoms with Gasteiger partial charge in [0.2, 0.25) is 0 Å². The number of nitrogens with zero attached hydrogens (tertiary/aromatic N) is 3. The molecule has 5 nitrogen and oxygen atoms in total. The van der Waals surface area contributed by atoms with Gasteiger partial charge in [-0.3, -0.25) is 9.69 Å². The molecule has 190 valence electrons. The van der Waals surface area contributed by atoms with E-state index >= 15 is 0 Å². The van der Waals surface area contributed by atoms with Gasteiger partial charge in [-0.2, -0.15) is 0 Å². The molecule has 2 aliphatic heterocycles. The molecule has 2 aromatic carbocycles.